The van der Waals surface area contributed by atoms with Crippen LogP contribution in [0.2, 0.25) is 0 Å². The van der Waals surface area contributed by atoms with Gasteiger partial charge in [0.25, 0.3) is 0 Å². The first kappa shape index (κ1) is 26.9. The average Bonchev–Trinajstić information content (AvgIpc) is 2.91. The van der Waals surface area contributed by atoms with Crippen molar-refractivity contribution in [2.24, 2.45) is 0 Å². The van der Waals surface area contributed by atoms with Crippen LogP contribution in [0.1, 0.15) is 63.3 Å². The number of aliphatic hydroxyl groups is 4. The van der Waals surface area contributed by atoms with Gasteiger partial charge in [0.2, 0.25) is 17.9 Å². The SMILES string of the molecule is CO[C@H]1[C@H](O)[C@@H](O)[C@H](Oc2cc(O)c3c(c2)C(=O)c2cc4c(c(O)c2C3=O)[C@H]2O[C@@](C)(CC[C@H]2O)O4)O[C@@H]1CO. The number of hydrogen-bond donors (Lipinski definition) is 6. The average molecular weight is 561 g/mol. The first-order chi connectivity index (χ1) is 19.0. The Morgan fingerprint density at radius 3 is 2.45 bits per heavy atom. The van der Waals surface area contributed by atoms with Crippen molar-refractivity contribution in [2.75, 3.05) is 13.7 Å². The number of rotatable bonds is 4. The molecule has 2 aromatic rings. The second-order valence-corrected chi connectivity index (χ2v) is 10.5. The van der Waals surface area contributed by atoms with Crippen molar-refractivity contribution >= 4 is 11.6 Å². The van der Waals surface area contributed by atoms with Crippen LogP contribution in [0.3, 0.4) is 0 Å². The summed E-state index contributed by atoms with van der Waals surface area (Å²) in [6, 6.07) is 3.49. The topological polar surface area (TPSA) is 202 Å². The third-order valence-electron chi connectivity index (χ3n) is 7.91. The van der Waals surface area contributed by atoms with E-state index >= 15 is 0 Å². The summed E-state index contributed by atoms with van der Waals surface area (Å²) in [4.78, 5) is 27.2. The van der Waals surface area contributed by atoms with Crippen LogP contribution in [0, 0.1) is 0 Å². The van der Waals surface area contributed by atoms with Crippen molar-refractivity contribution in [1.29, 1.82) is 0 Å². The molecular formula is C27H28O13. The van der Waals surface area contributed by atoms with E-state index in [1.807, 2.05) is 0 Å². The van der Waals surface area contributed by atoms with Gasteiger partial charge in [0.15, 0.2) is 5.78 Å². The Morgan fingerprint density at radius 1 is 1.02 bits per heavy atom. The maximum absolute atomic E-state index is 13.6. The fraction of sp³-hybridized carbons (Fsp3) is 0.481. The lowest BCUT2D eigenvalue weighted by Gasteiger charge is -2.46. The quantitative estimate of drug-likeness (QED) is 0.250. The van der Waals surface area contributed by atoms with E-state index in [4.69, 9.17) is 23.7 Å². The fourth-order valence-electron chi connectivity index (χ4n) is 5.89. The number of methoxy groups -OCH3 is 1. The molecule has 0 spiro atoms. The summed E-state index contributed by atoms with van der Waals surface area (Å²) in [6.07, 6.45) is -7.99. The molecule has 2 fully saturated rings. The minimum absolute atomic E-state index is 0.0438. The molecule has 0 radical (unpaired) electrons. The van der Waals surface area contributed by atoms with Crippen molar-refractivity contribution in [1.82, 2.24) is 0 Å². The van der Waals surface area contributed by atoms with Gasteiger partial charge in [-0.2, -0.15) is 0 Å². The number of carbonyl (C=O) groups is 2. The van der Waals surface area contributed by atoms with Crippen LogP contribution in [-0.4, -0.2) is 98.5 Å². The van der Waals surface area contributed by atoms with Crippen LogP contribution in [0.5, 0.6) is 23.0 Å². The molecule has 4 aliphatic rings. The molecule has 0 aromatic heterocycles. The molecule has 0 unspecified atom stereocenters. The zero-order valence-corrected chi connectivity index (χ0v) is 21.4. The number of ketones is 2. The molecule has 214 valence electrons. The first-order valence-electron chi connectivity index (χ1n) is 12.7. The van der Waals surface area contributed by atoms with Crippen molar-refractivity contribution in [2.45, 2.75) is 68.5 Å². The summed E-state index contributed by atoms with van der Waals surface area (Å²) in [5, 5.41) is 62.9. The lowest BCUT2D eigenvalue weighted by molar-refractivity contribution is -0.281. The van der Waals surface area contributed by atoms with Crippen LogP contribution in [0.4, 0.5) is 0 Å². The predicted molar refractivity (Wildman–Crippen MR) is 130 cm³/mol. The Balaban J connectivity index is 1.38. The summed E-state index contributed by atoms with van der Waals surface area (Å²) >= 11 is 0. The Labute approximate surface area is 227 Å². The van der Waals surface area contributed by atoms with Crippen LogP contribution in [0.25, 0.3) is 0 Å². The van der Waals surface area contributed by atoms with Gasteiger partial charge < -0.3 is 54.3 Å². The van der Waals surface area contributed by atoms with Gasteiger partial charge >= 0.3 is 0 Å². The van der Waals surface area contributed by atoms with Crippen molar-refractivity contribution in [3.63, 3.8) is 0 Å². The zero-order chi connectivity index (χ0) is 28.7. The smallest absolute Gasteiger partial charge is 0.229 e. The summed E-state index contributed by atoms with van der Waals surface area (Å²) in [7, 11) is 1.28. The molecule has 3 heterocycles. The minimum atomic E-state index is -1.62. The number of phenols is 2. The number of phenolic OH excluding ortho intramolecular Hbond substituents is 2. The van der Waals surface area contributed by atoms with Crippen molar-refractivity contribution < 1.29 is 63.9 Å². The van der Waals surface area contributed by atoms with Gasteiger partial charge in [0, 0.05) is 37.6 Å². The monoisotopic (exact) mass is 560 g/mol. The van der Waals surface area contributed by atoms with E-state index in [9.17, 15) is 40.2 Å². The zero-order valence-electron chi connectivity index (χ0n) is 21.4. The largest absolute Gasteiger partial charge is 0.507 e. The molecule has 0 amide bonds. The number of ether oxygens (including phenoxy) is 5. The number of aliphatic hydroxyl groups excluding tert-OH is 4. The minimum Gasteiger partial charge on any atom is -0.507 e. The Morgan fingerprint density at radius 2 is 1.75 bits per heavy atom. The van der Waals surface area contributed by atoms with Gasteiger partial charge in [-0.3, -0.25) is 9.59 Å². The molecule has 1 aliphatic carbocycles. The molecule has 8 atom stereocenters. The Bertz CT molecular complexity index is 1400. The summed E-state index contributed by atoms with van der Waals surface area (Å²) in [5.41, 5.74) is -1.13. The van der Waals surface area contributed by atoms with Crippen LogP contribution in [0.15, 0.2) is 18.2 Å². The fourth-order valence-corrected chi connectivity index (χ4v) is 5.89. The van der Waals surface area contributed by atoms with Gasteiger partial charge in [0.1, 0.15) is 53.5 Å². The number of aromatic hydroxyl groups is 2. The highest BCUT2D eigenvalue weighted by Crippen LogP contribution is 2.53. The van der Waals surface area contributed by atoms with Gasteiger partial charge in [0.05, 0.1) is 29.4 Å². The molecule has 0 saturated carbocycles. The van der Waals surface area contributed by atoms with Gasteiger partial charge in [-0.05, 0) is 18.6 Å². The molecule has 13 nitrogen and oxygen atoms in total. The molecule has 2 saturated heterocycles. The summed E-state index contributed by atoms with van der Waals surface area (Å²) in [6.45, 7) is 1.11. The lowest BCUT2D eigenvalue weighted by Crippen LogP contribution is -2.60. The van der Waals surface area contributed by atoms with Gasteiger partial charge in [-0.15, -0.1) is 0 Å². The van der Waals surface area contributed by atoms with E-state index in [0.717, 1.165) is 12.1 Å². The molecule has 6 N–H and O–H groups in total. The molecule has 6 rings (SSSR count). The van der Waals surface area contributed by atoms with E-state index in [-0.39, 0.29) is 39.3 Å². The molecule has 2 bridgehead atoms. The number of benzene rings is 2. The standard InChI is InChI=1S/C27H28O13/c1-27-4-3-12(29)24(40-27)18-14(39-27)7-11-17(21(18)33)20(32)16-10(19(11)31)5-9(6-13(16)30)37-26-23(35)22(34)25(36-2)15(8-28)38-26/h5-7,12,15,22-26,28-30,33-35H,3-4,8H2,1-2H3/t12-,15-,22-,23-,24+,25-,26-,27+/m1/s1. The second kappa shape index (κ2) is 9.38. The van der Waals surface area contributed by atoms with Crippen molar-refractivity contribution in [3.05, 3.63) is 46.0 Å². The Hall–Kier alpha value is -3.30. The van der Waals surface area contributed by atoms with E-state index in [2.05, 4.69) is 0 Å². The first-order valence-corrected chi connectivity index (χ1v) is 12.7. The van der Waals surface area contributed by atoms with Gasteiger partial charge in [-0.25, -0.2) is 0 Å². The summed E-state index contributed by atoms with van der Waals surface area (Å²) < 4.78 is 28.0. The molecule has 2 aromatic carbocycles. The number of carbonyl (C=O) groups excluding carboxylic acids is 2. The molecular weight excluding hydrogens is 532 g/mol. The van der Waals surface area contributed by atoms with E-state index in [1.54, 1.807) is 6.92 Å². The summed E-state index contributed by atoms with van der Waals surface area (Å²) in [5.74, 6) is -4.00. The van der Waals surface area contributed by atoms with E-state index in [1.165, 1.54) is 13.2 Å². The maximum Gasteiger partial charge on any atom is 0.229 e. The highest BCUT2D eigenvalue weighted by molar-refractivity contribution is 6.30. The Kier molecular flexibility index (Phi) is 6.31. The highest BCUT2D eigenvalue weighted by Gasteiger charge is 2.50. The van der Waals surface area contributed by atoms with Crippen LogP contribution >= 0.6 is 0 Å². The molecule has 13 heteroatoms. The lowest BCUT2D eigenvalue weighted by atomic mass is 9.80. The van der Waals surface area contributed by atoms with Crippen LogP contribution < -0.4 is 9.47 Å². The normalized spacial score (nSPS) is 34.4. The van der Waals surface area contributed by atoms with Crippen molar-refractivity contribution in [3.8, 4) is 23.0 Å². The highest BCUT2D eigenvalue weighted by atomic mass is 16.7. The number of fused-ring (bicyclic) bond motifs is 6. The van der Waals surface area contributed by atoms with E-state index in [0.29, 0.717) is 12.8 Å². The molecule has 3 aliphatic heterocycles. The third-order valence-corrected chi connectivity index (χ3v) is 7.91. The van der Waals surface area contributed by atoms with Crippen LogP contribution in [-0.2, 0) is 14.2 Å². The predicted octanol–water partition coefficient (Wildman–Crippen LogP) is 0.0270. The maximum atomic E-state index is 13.6. The number of hydrogen-bond acceptors (Lipinski definition) is 13. The third kappa shape index (κ3) is 3.89. The second-order valence-electron chi connectivity index (χ2n) is 10.5. The van der Waals surface area contributed by atoms with E-state index < -0.39 is 78.4 Å². The molecule has 40 heavy (non-hydrogen) atoms. The van der Waals surface area contributed by atoms with Gasteiger partial charge in [-0.1, -0.05) is 0 Å².